The molecule has 4 nitrogen and oxygen atoms in total. The smallest absolute Gasteiger partial charge is 0.174 e. The van der Waals surface area contributed by atoms with Crippen molar-refractivity contribution >= 4 is 11.6 Å². The molecule has 1 aliphatic rings. The molecule has 0 aromatic carbocycles. The highest BCUT2D eigenvalue weighted by atomic mass is 16.1. The summed E-state index contributed by atoms with van der Waals surface area (Å²) in [5.41, 5.74) is 12.8. The maximum Gasteiger partial charge on any atom is 0.174 e. The molecule has 0 bridgehead atoms. The van der Waals surface area contributed by atoms with Crippen LogP contribution in [0.2, 0.25) is 0 Å². The predicted octanol–water partition coefficient (Wildman–Crippen LogP) is 2.06. The molecule has 0 aliphatic heterocycles. The number of nitrogens with zero attached hydrogens (tertiary/aromatic N) is 1. The van der Waals surface area contributed by atoms with Crippen molar-refractivity contribution < 1.29 is 4.79 Å². The van der Waals surface area contributed by atoms with E-state index in [2.05, 4.69) is 4.98 Å². The molecule has 2 rings (SSSR count). The van der Waals surface area contributed by atoms with Gasteiger partial charge in [-0.2, -0.15) is 0 Å². The lowest BCUT2D eigenvalue weighted by Gasteiger charge is -2.35. The fraction of sp³-hybridized carbons (Fsp3) is 0.571. The number of rotatable bonds is 3. The van der Waals surface area contributed by atoms with Crippen LogP contribution >= 0.6 is 0 Å². The zero-order chi connectivity index (χ0) is 13.2. The Morgan fingerprint density at radius 3 is 2.61 bits per heavy atom. The first-order valence-electron chi connectivity index (χ1n) is 6.57. The largest absolute Gasteiger partial charge is 0.383 e. The Kier molecular flexibility index (Phi) is 3.66. The molecule has 0 radical (unpaired) electrons. The lowest BCUT2D eigenvalue weighted by molar-refractivity contribution is 0.0729. The van der Waals surface area contributed by atoms with Gasteiger partial charge in [-0.15, -0.1) is 0 Å². The van der Waals surface area contributed by atoms with Gasteiger partial charge in [-0.1, -0.05) is 19.3 Å². The van der Waals surface area contributed by atoms with E-state index in [0.717, 1.165) is 31.2 Å². The molecule has 0 unspecified atom stereocenters. The van der Waals surface area contributed by atoms with Crippen molar-refractivity contribution in [1.82, 2.24) is 4.98 Å². The van der Waals surface area contributed by atoms with Crippen molar-refractivity contribution in [3.8, 4) is 0 Å². The van der Waals surface area contributed by atoms with Gasteiger partial charge in [0.15, 0.2) is 5.78 Å². The number of nitrogen functional groups attached to an aromatic ring is 1. The first-order valence-corrected chi connectivity index (χ1v) is 6.57. The van der Waals surface area contributed by atoms with Crippen molar-refractivity contribution in [3.05, 3.63) is 23.4 Å². The Morgan fingerprint density at radius 1 is 1.39 bits per heavy atom. The Labute approximate surface area is 108 Å². The lowest BCUT2D eigenvalue weighted by Crippen LogP contribution is -2.41. The summed E-state index contributed by atoms with van der Waals surface area (Å²) in [5.74, 6) is 0.422. The van der Waals surface area contributed by atoms with E-state index in [1.165, 1.54) is 6.42 Å². The minimum absolute atomic E-state index is 0.0906. The molecule has 1 saturated carbocycles. The number of aromatic nitrogens is 1. The van der Waals surface area contributed by atoms with Crippen molar-refractivity contribution in [1.29, 1.82) is 0 Å². The number of aryl methyl sites for hydroxylation is 1. The Bertz CT molecular complexity index is 430. The summed E-state index contributed by atoms with van der Waals surface area (Å²) in [7, 11) is 0. The standard InChI is InChI=1S/C14H21N3O/c1-10-5-8-17-13(16)11(10)12(18)14(9-15)6-3-2-4-7-14/h5,8H,2-4,6-7,9,15H2,1H3,(H2,16,17). The van der Waals surface area contributed by atoms with Crippen LogP contribution in [0.5, 0.6) is 0 Å². The van der Waals surface area contributed by atoms with Gasteiger partial charge < -0.3 is 11.5 Å². The molecule has 4 heteroatoms. The molecule has 98 valence electrons. The van der Waals surface area contributed by atoms with E-state index in [4.69, 9.17) is 11.5 Å². The molecular formula is C14H21N3O. The van der Waals surface area contributed by atoms with E-state index >= 15 is 0 Å². The Hall–Kier alpha value is -1.42. The zero-order valence-corrected chi connectivity index (χ0v) is 10.9. The van der Waals surface area contributed by atoms with Crippen LogP contribution in [-0.2, 0) is 0 Å². The number of nitrogens with two attached hydrogens (primary N) is 2. The fourth-order valence-electron chi connectivity index (χ4n) is 2.89. The summed E-state index contributed by atoms with van der Waals surface area (Å²) in [5, 5.41) is 0. The molecule has 1 aliphatic carbocycles. The molecule has 1 heterocycles. The molecule has 1 aromatic heterocycles. The van der Waals surface area contributed by atoms with E-state index in [0.29, 0.717) is 17.9 Å². The lowest BCUT2D eigenvalue weighted by atomic mass is 9.69. The first kappa shape index (κ1) is 13.0. The number of hydrogen-bond acceptors (Lipinski definition) is 4. The van der Waals surface area contributed by atoms with Gasteiger partial charge in [0, 0.05) is 18.2 Å². The summed E-state index contributed by atoms with van der Waals surface area (Å²) in [6.07, 6.45) is 6.71. The Morgan fingerprint density at radius 2 is 2.06 bits per heavy atom. The van der Waals surface area contributed by atoms with Crippen LogP contribution < -0.4 is 11.5 Å². The van der Waals surface area contributed by atoms with Crippen LogP contribution in [0.3, 0.4) is 0 Å². The van der Waals surface area contributed by atoms with E-state index < -0.39 is 5.41 Å². The number of Topliss-reactive ketones (excluding diaryl/α,β-unsaturated/α-hetero) is 1. The van der Waals surface area contributed by atoms with Crippen molar-refractivity contribution in [3.63, 3.8) is 0 Å². The quantitative estimate of drug-likeness (QED) is 0.801. The van der Waals surface area contributed by atoms with E-state index in [-0.39, 0.29) is 5.78 Å². The molecule has 0 spiro atoms. The van der Waals surface area contributed by atoms with Gasteiger partial charge in [-0.3, -0.25) is 4.79 Å². The molecule has 1 aromatic rings. The molecule has 0 atom stereocenters. The van der Waals surface area contributed by atoms with Crippen LogP contribution in [0.15, 0.2) is 12.3 Å². The molecule has 4 N–H and O–H groups in total. The number of carbonyl (C=O) groups is 1. The number of carbonyl (C=O) groups excluding carboxylic acids is 1. The second-order valence-electron chi connectivity index (χ2n) is 5.26. The summed E-state index contributed by atoms with van der Waals surface area (Å²) < 4.78 is 0. The SMILES string of the molecule is Cc1ccnc(N)c1C(=O)C1(CN)CCCCC1. The summed E-state index contributed by atoms with van der Waals surface area (Å²) >= 11 is 0. The normalized spacial score (nSPS) is 18.6. The number of pyridine rings is 1. The zero-order valence-electron chi connectivity index (χ0n) is 10.9. The van der Waals surface area contributed by atoms with Gasteiger partial charge in [0.25, 0.3) is 0 Å². The third-order valence-corrected chi connectivity index (χ3v) is 4.10. The average Bonchev–Trinajstić information content (AvgIpc) is 2.39. The van der Waals surface area contributed by atoms with Crippen molar-refractivity contribution in [2.45, 2.75) is 39.0 Å². The summed E-state index contributed by atoms with van der Waals surface area (Å²) in [4.78, 5) is 16.8. The van der Waals surface area contributed by atoms with E-state index in [1.54, 1.807) is 6.20 Å². The number of anilines is 1. The van der Waals surface area contributed by atoms with E-state index in [9.17, 15) is 4.79 Å². The van der Waals surface area contributed by atoms with Crippen LogP contribution in [0, 0.1) is 12.3 Å². The fourth-order valence-corrected chi connectivity index (χ4v) is 2.89. The third kappa shape index (κ3) is 2.12. The monoisotopic (exact) mass is 247 g/mol. The first-order chi connectivity index (χ1) is 8.60. The van der Waals surface area contributed by atoms with E-state index in [1.807, 2.05) is 13.0 Å². The van der Waals surface area contributed by atoms with Crippen LogP contribution in [0.25, 0.3) is 0 Å². The highest BCUT2D eigenvalue weighted by molar-refractivity contribution is 6.05. The molecular weight excluding hydrogens is 226 g/mol. The average molecular weight is 247 g/mol. The van der Waals surface area contributed by atoms with Crippen LogP contribution in [0.1, 0.15) is 48.0 Å². The highest BCUT2D eigenvalue weighted by Crippen LogP contribution is 2.39. The maximum atomic E-state index is 12.8. The Balaban J connectivity index is 2.40. The van der Waals surface area contributed by atoms with Crippen molar-refractivity contribution in [2.75, 3.05) is 12.3 Å². The molecule has 1 fully saturated rings. The second-order valence-corrected chi connectivity index (χ2v) is 5.26. The molecule has 18 heavy (non-hydrogen) atoms. The molecule has 0 amide bonds. The number of hydrogen-bond donors (Lipinski definition) is 2. The van der Waals surface area contributed by atoms with Crippen LogP contribution in [-0.4, -0.2) is 17.3 Å². The van der Waals surface area contributed by atoms with Gasteiger partial charge in [-0.25, -0.2) is 4.98 Å². The third-order valence-electron chi connectivity index (χ3n) is 4.10. The topological polar surface area (TPSA) is 82.0 Å². The van der Waals surface area contributed by atoms with Gasteiger partial charge >= 0.3 is 0 Å². The summed E-state index contributed by atoms with van der Waals surface area (Å²) in [6.45, 7) is 2.30. The minimum atomic E-state index is -0.417. The van der Waals surface area contributed by atoms with Gasteiger partial charge in [0.1, 0.15) is 5.82 Å². The van der Waals surface area contributed by atoms with Crippen molar-refractivity contribution in [2.24, 2.45) is 11.1 Å². The molecule has 0 saturated heterocycles. The highest BCUT2D eigenvalue weighted by Gasteiger charge is 2.39. The van der Waals surface area contributed by atoms with Gasteiger partial charge in [0.05, 0.1) is 5.56 Å². The van der Waals surface area contributed by atoms with Crippen LogP contribution in [0.4, 0.5) is 5.82 Å². The van der Waals surface area contributed by atoms with Gasteiger partial charge in [-0.05, 0) is 31.4 Å². The maximum absolute atomic E-state index is 12.8. The second kappa shape index (κ2) is 5.06. The predicted molar refractivity (Wildman–Crippen MR) is 72.3 cm³/mol. The van der Waals surface area contributed by atoms with Gasteiger partial charge in [0.2, 0.25) is 0 Å². The summed E-state index contributed by atoms with van der Waals surface area (Å²) in [6, 6.07) is 1.83. The minimum Gasteiger partial charge on any atom is -0.383 e. The number of ketones is 1.